The first-order valence-corrected chi connectivity index (χ1v) is 7.21. The number of amides is 1. The summed E-state index contributed by atoms with van der Waals surface area (Å²) in [4.78, 5) is 21.4. The summed E-state index contributed by atoms with van der Waals surface area (Å²) >= 11 is 0. The van der Waals surface area contributed by atoms with Gasteiger partial charge in [0.25, 0.3) is 0 Å². The van der Waals surface area contributed by atoms with Crippen LogP contribution in [0.3, 0.4) is 0 Å². The number of aldehydes is 1. The van der Waals surface area contributed by atoms with Crippen LogP contribution in [0.25, 0.3) is 0 Å². The lowest BCUT2D eigenvalue weighted by atomic mass is 10.1. The third-order valence-corrected chi connectivity index (χ3v) is 2.93. The molecule has 18 heavy (non-hydrogen) atoms. The van der Waals surface area contributed by atoms with E-state index in [0.717, 1.165) is 45.1 Å². The zero-order valence-electron chi connectivity index (χ0n) is 11.5. The van der Waals surface area contributed by atoms with Crippen molar-refractivity contribution in [2.75, 3.05) is 13.1 Å². The smallest absolute Gasteiger partial charge is 0.219 e. The fraction of sp³-hybridized carbons (Fsp3) is 0.857. The number of carbonyl (C=O) groups excluding carboxylic acids is 2. The van der Waals surface area contributed by atoms with Crippen molar-refractivity contribution in [1.82, 2.24) is 5.32 Å². The van der Waals surface area contributed by atoms with Gasteiger partial charge in [-0.1, -0.05) is 25.7 Å². The molecule has 0 aliphatic heterocycles. The zero-order chi connectivity index (χ0) is 13.5. The molecule has 0 radical (unpaired) electrons. The first-order chi connectivity index (χ1) is 8.81. The van der Waals surface area contributed by atoms with E-state index in [4.69, 9.17) is 5.73 Å². The molecule has 0 fully saturated rings. The number of hydrogen-bond donors (Lipinski definition) is 2. The molecule has 0 aromatic carbocycles. The second kappa shape index (κ2) is 14.2. The van der Waals surface area contributed by atoms with Crippen LogP contribution >= 0.6 is 0 Å². The molecule has 0 saturated carbocycles. The van der Waals surface area contributed by atoms with Gasteiger partial charge in [0.2, 0.25) is 5.91 Å². The van der Waals surface area contributed by atoms with Crippen LogP contribution in [-0.2, 0) is 9.59 Å². The molecule has 0 aromatic heterocycles. The van der Waals surface area contributed by atoms with Crippen molar-refractivity contribution < 1.29 is 9.59 Å². The van der Waals surface area contributed by atoms with Crippen molar-refractivity contribution in [2.24, 2.45) is 5.73 Å². The van der Waals surface area contributed by atoms with Gasteiger partial charge in [-0.2, -0.15) is 0 Å². The van der Waals surface area contributed by atoms with E-state index in [2.05, 4.69) is 5.32 Å². The molecule has 0 heterocycles. The van der Waals surface area contributed by atoms with Crippen LogP contribution in [0.2, 0.25) is 0 Å². The molecule has 0 aromatic rings. The van der Waals surface area contributed by atoms with E-state index in [1.807, 2.05) is 0 Å². The van der Waals surface area contributed by atoms with E-state index >= 15 is 0 Å². The molecule has 106 valence electrons. The van der Waals surface area contributed by atoms with Crippen molar-refractivity contribution in [1.29, 1.82) is 0 Å². The number of unbranched alkanes of at least 4 members (excludes halogenated alkanes) is 7. The zero-order valence-corrected chi connectivity index (χ0v) is 11.5. The highest BCUT2D eigenvalue weighted by atomic mass is 16.1. The molecule has 0 rings (SSSR count). The Morgan fingerprint density at radius 3 is 2.28 bits per heavy atom. The van der Waals surface area contributed by atoms with Gasteiger partial charge in [-0.3, -0.25) is 4.79 Å². The highest BCUT2D eigenvalue weighted by Gasteiger charge is 1.99. The summed E-state index contributed by atoms with van der Waals surface area (Å²) in [6, 6.07) is 0. The maximum Gasteiger partial charge on any atom is 0.219 e. The Morgan fingerprint density at radius 2 is 1.61 bits per heavy atom. The van der Waals surface area contributed by atoms with Crippen molar-refractivity contribution in [2.45, 2.75) is 64.2 Å². The van der Waals surface area contributed by atoms with Crippen LogP contribution in [0.1, 0.15) is 64.2 Å². The number of rotatable bonds is 13. The molecule has 1 amide bonds. The van der Waals surface area contributed by atoms with Gasteiger partial charge in [-0.05, 0) is 32.2 Å². The van der Waals surface area contributed by atoms with Gasteiger partial charge < -0.3 is 15.8 Å². The monoisotopic (exact) mass is 256 g/mol. The molecule has 0 spiro atoms. The second-order valence-corrected chi connectivity index (χ2v) is 4.67. The molecule has 0 atom stereocenters. The summed E-state index contributed by atoms with van der Waals surface area (Å²) in [7, 11) is 0. The molecule has 4 heteroatoms. The van der Waals surface area contributed by atoms with Crippen LogP contribution < -0.4 is 11.1 Å². The Morgan fingerprint density at radius 1 is 0.944 bits per heavy atom. The first kappa shape index (κ1) is 17.1. The third-order valence-electron chi connectivity index (χ3n) is 2.93. The Hall–Kier alpha value is -0.900. The van der Waals surface area contributed by atoms with Crippen molar-refractivity contribution in [3.63, 3.8) is 0 Å². The second-order valence-electron chi connectivity index (χ2n) is 4.67. The fourth-order valence-electron chi connectivity index (χ4n) is 1.81. The summed E-state index contributed by atoms with van der Waals surface area (Å²) in [5.41, 5.74) is 5.42. The average molecular weight is 256 g/mol. The van der Waals surface area contributed by atoms with E-state index in [-0.39, 0.29) is 5.91 Å². The van der Waals surface area contributed by atoms with Crippen LogP contribution in [-0.4, -0.2) is 25.3 Å². The lowest BCUT2D eigenvalue weighted by Crippen LogP contribution is -2.23. The molecule has 0 bridgehead atoms. The maximum atomic E-state index is 11.4. The Labute approximate surface area is 111 Å². The Balaban J connectivity index is 3.12. The minimum absolute atomic E-state index is 0.115. The van der Waals surface area contributed by atoms with E-state index in [1.54, 1.807) is 0 Å². The molecule has 3 N–H and O–H groups in total. The van der Waals surface area contributed by atoms with Gasteiger partial charge in [0.1, 0.15) is 6.29 Å². The van der Waals surface area contributed by atoms with Crippen LogP contribution in [0.15, 0.2) is 0 Å². The van der Waals surface area contributed by atoms with Gasteiger partial charge in [-0.15, -0.1) is 0 Å². The van der Waals surface area contributed by atoms with Crippen LogP contribution in [0, 0.1) is 0 Å². The van der Waals surface area contributed by atoms with E-state index in [0.29, 0.717) is 12.8 Å². The Bertz CT molecular complexity index is 208. The summed E-state index contributed by atoms with van der Waals surface area (Å²) in [5, 5.41) is 2.91. The molecule has 4 nitrogen and oxygen atoms in total. The van der Waals surface area contributed by atoms with Gasteiger partial charge >= 0.3 is 0 Å². The summed E-state index contributed by atoms with van der Waals surface area (Å²) in [6.45, 7) is 1.57. The van der Waals surface area contributed by atoms with Crippen molar-refractivity contribution in [3.05, 3.63) is 0 Å². The minimum atomic E-state index is 0.115. The van der Waals surface area contributed by atoms with Crippen molar-refractivity contribution >= 4 is 12.2 Å². The van der Waals surface area contributed by atoms with E-state index in [1.165, 1.54) is 25.7 Å². The quantitative estimate of drug-likeness (QED) is 0.392. The third kappa shape index (κ3) is 13.2. The van der Waals surface area contributed by atoms with Crippen LogP contribution in [0.4, 0.5) is 0 Å². The van der Waals surface area contributed by atoms with Gasteiger partial charge in [0, 0.05) is 19.4 Å². The molecule has 0 unspecified atom stereocenters. The average Bonchev–Trinajstić information content (AvgIpc) is 2.38. The largest absolute Gasteiger partial charge is 0.356 e. The summed E-state index contributed by atoms with van der Waals surface area (Å²) in [6.07, 6.45) is 10.7. The number of nitrogens with one attached hydrogen (secondary N) is 1. The molecule has 0 aliphatic carbocycles. The Kier molecular flexibility index (Phi) is 13.5. The highest BCUT2D eigenvalue weighted by Crippen LogP contribution is 2.04. The van der Waals surface area contributed by atoms with E-state index in [9.17, 15) is 9.59 Å². The topological polar surface area (TPSA) is 72.2 Å². The van der Waals surface area contributed by atoms with Gasteiger partial charge in [0.05, 0.1) is 0 Å². The predicted octanol–water partition coefficient (Wildman–Crippen LogP) is 2.16. The summed E-state index contributed by atoms with van der Waals surface area (Å²) < 4.78 is 0. The normalized spacial score (nSPS) is 10.3. The number of nitrogens with two attached hydrogens (primary N) is 1. The SMILES string of the molecule is NCCCCCCCCNC(=O)CCCCC=O. The lowest BCUT2D eigenvalue weighted by molar-refractivity contribution is -0.121. The van der Waals surface area contributed by atoms with E-state index < -0.39 is 0 Å². The van der Waals surface area contributed by atoms with Gasteiger partial charge in [-0.25, -0.2) is 0 Å². The number of hydrogen-bond acceptors (Lipinski definition) is 3. The fourth-order valence-corrected chi connectivity index (χ4v) is 1.81. The molecular weight excluding hydrogens is 228 g/mol. The predicted molar refractivity (Wildman–Crippen MR) is 74.3 cm³/mol. The maximum absolute atomic E-state index is 11.4. The highest BCUT2D eigenvalue weighted by molar-refractivity contribution is 5.75. The molecular formula is C14H28N2O2. The van der Waals surface area contributed by atoms with Gasteiger partial charge in [0.15, 0.2) is 0 Å². The lowest BCUT2D eigenvalue weighted by Gasteiger charge is -2.04. The van der Waals surface area contributed by atoms with Crippen molar-refractivity contribution in [3.8, 4) is 0 Å². The standard InChI is InChI=1S/C14H28N2O2/c15-11-7-3-1-2-4-8-12-16-14(18)10-6-5-9-13-17/h13H,1-12,15H2,(H,16,18). The minimum Gasteiger partial charge on any atom is -0.356 e. The molecule has 0 saturated heterocycles. The first-order valence-electron chi connectivity index (χ1n) is 7.21. The molecule has 0 aliphatic rings. The van der Waals surface area contributed by atoms with Crippen LogP contribution in [0.5, 0.6) is 0 Å². The summed E-state index contributed by atoms with van der Waals surface area (Å²) in [5.74, 6) is 0.115. The number of carbonyl (C=O) groups is 2.